The predicted octanol–water partition coefficient (Wildman–Crippen LogP) is 3.89. The summed E-state index contributed by atoms with van der Waals surface area (Å²) in [5, 5.41) is 9.90. The van der Waals surface area contributed by atoms with Gasteiger partial charge < -0.3 is 10.6 Å². The number of carbonyl (C=O) groups excluding carboxylic acids is 1. The highest BCUT2D eigenvalue weighted by molar-refractivity contribution is 7.19. The molecule has 2 aromatic rings. The molecule has 0 saturated heterocycles. The Kier molecular flexibility index (Phi) is 4.21. The van der Waals surface area contributed by atoms with E-state index in [1.807, 2.05) is 6.92 Å². The molecular weight excluding hydrogens is 304 g/mol. The third kappa shape index (κ3) is 3.41. The number of hydrogen-bond donors (Lipinski definition) is 2. The van der Waals surface area contributed by atoms with Crippen molar-refractivity contribution in [1.29, 1.82) is 0 Å². The summed E-state index contributed by atoms with van der Waals surface area (Å²) in [5.74, 6) is -0.0998. The van der Waals surface area contributed by atoms with E-state index in [0.717, 1.165) is 21.4 Å². The number of thiazole rings is 2. The Labute approximate surface area is 131 Å². The summed E-state index contributed by atoms with van der Waals surface area (Å²) in [6.07, 6.45) is 5.09. The molecular formula is C14H18N4OS2. The minimum atomic E-state index is -0.0998. The molecule has 1 fully saturated rings. The topological polar surface area (TPSA) is 66.9 Å². The number of amides is 1. The zero-order valence-electron chi connectivity index (χ0n) is 12.1. The molecule has 2 heterocycles. The van der Waals surface area contributed by atoms with Crippen LogP contribution in [0.25, 0.3) is 10.6 Å². The van der Waals surface area contributed by atoms with Crippen LogP contribution in [0.2, 0.25) is 0 Å². The van der Waals surface area contributed by atoms with Crippen molar-refractivity contribution >= 4 is 38.8 Å². The fraction of sp³-hybridized carbons (Fsp3) is 0.500. The van der Waals surface area contributed by atoms with Gasteiger partial charge in [0.2, 0.25) is 5.91 Å². The molecule has 0 aliphatic heterocycles. The monoisotopic (exact) mass is 322 g/mol. The highest BCUT2D eigenvalue weighted by atomic mass is 32.1. The molecule has 2 aromatic heterocycles. The minimum absolute atomic E-state index is 0.0998. The Morgan fingerprint density at radius 2 is 2.05 bits per heavy atom. The Morgan fingerprint density at radius 3 is 2.76 bits per heavy atom. The van der Waals surface area contributed by atoms with Gasteiger partial charge in [-0.25, -0.2) is 9.97 Å². The molecule has 112 valence electrons. The second kappa shape index (κ2) is 6.11. The van der Waals surface area contributed by atoms with E-state index in [1.54, 1.807) is 11.3 Å². The summed E-state index contributed by atoms with van der Waals surface area (Å²) in [6.45, 7) is 3.43. The van der Waals surface area contributed by atoms with Crippen molar-refractivity contribution in [3.63, 3.8) is 0 Å². The number of carbonyl (C=O) groups is 1. The summed E-state index contributed by atoms with van der Waals surface area (Å²) >= 11 is 3.10. The highest BCUT2D eigenvalue weighted by Crippen LogP contribution is 2.35. The quantitative estimate of drug-likeness (QED) is 0.896. The van der Waals surface area contributed by atoms with Gasteiger partial charge in [0.1, 0.15) is 0 Å². The van der Waals surface area contributed by atoms with Gasteiger partial charge in [0.15, 0.2) is 10.3 Å². The number of rotatable bonds is 4. The zero-order chi connectivity index (χ0) is 14.8. The number of aromatic nitrogens is 2. The Morgan fingerprint density at radius 1 is 1.29 bits per heavy atom. The second-order valence-corrected chi connectivity index (χ2v) is 7.14. The molecule has 0 radical (unpaired) electrons. The maximum absolute atomic E-state index is 11.1. The van der Waals surface area contributed by atoms with E-state index < -0.39 is 0 Å². The number of hydrogen-bond acceptors (Lipinski definition) is 6. The molecule has 1 aliphatic rings. The first-order valence-corrected chi connectivity index (χ1v) is 8.79. The zero-order valence-corrected chi connectivity index (χ0v) is 13.7. The van der Waals surface area contributed by atoms with Crippen molar-refractivity contribution in [3.05, 3.63) is 11.1 Å². The standard InChI is InChI=1S/C14H18N4OS2/c1-8-12(21-14(15-8)16-9(2)19)11-7-20-13(18-11)17-10-5-3-4-6-10/h7,10H,3-6H2,1-2H3,(H,17,18)(H,15,16,19). The van der Waals surface area contributed by atoms with E-state index in [0.29, 0.717) is 11.2 Å². The van der Waals surface area contributed by atoms with E-state index >= 15 is 0 Å². The molecule has 2 N–H and O–H groups in total. The normalized spacial score (nSPS) is 15.3. The number of nitrogens with one attached hydrogen (secondary N) is 2. The largest absolute Gasteiger partial charge is 0.359 e. The van der Waals surface area contributed by atoms with Gasteiger partial charge in [0.25, 0.3) is 0 Å². The molecule has 0 spiro atoms. The van der Waals surface area contributed by atoms with Crippen LogP contribution in [0.15, 0.2) is 5.38 Å². The highest BCUT2D eigenvalue weighted by Gasteiger charge is 2.17. The lowest BCUT2D eigenvalue weighted by atomic mass is 10.3. The smallest absolute Gasteiger partial charge is 0.223 e. The molecule has 21 heavy (non-hydrogen) atoms. The van der Waals surface area contributed by atoms with Crippen molar-refractivity contribution in [2.45, 2.75) is 45.6 Å². The number of nitrogens with zero attached hydrogens (tertiary/aromatic N) is 2. The van der Waals surface area contributed by atoms with E-state index in [1.165, 1.54) is 43.9 Å². The lowest BCUT2D eigenvalue weighted by Gasteiger charge is -2.09. The molecule has 1 amide bonds. The SMILES string of the molecule is CC(=O)Nc1nc(C)c(-c2csc(NC3CCCC3)n2)s1. The lowest BCUT2D eigenvalue weighted by Crippen LogP contribution is -2.13. The van der Waals surface area contributed by atoms with Crippen LogP contribution in [-0.4, -0.2) is 21.9 Å². The van der Waals surface area contributed by atoms with E-state index in [-0.39, 0.29) is 5.91 Å². The molecule has 3 rings (SSSR count). The van der Waals surface area contributed by atoms with E-state index in [9.17, 15) is 4.79 Å². The van der Waals surface area contributed by atoms with Crippen molar-refractivity contribution in [2.24, 2.45) is 0 Å². The maximum atomic E-state index is 11.1. The number of anilines is 2. The molecule has 0 atom stereocenters. The van der Waals surface area contributed by atoms with Crippen LogP contribution in [0.3, 0.4) is 0 Å². The van der Waals surface area contributed by atoms with Gasteiger partial charge in [0.05, 0.1) is 16.3 Å². The molecule has 1 aliphatic carbocycles. The average Bonchev–Trinajstić information content (AvgIpc) is 3.11. The fourth-order valence-electron chi connectivity index (χ4n) is 2.53. The average molecular weight is 322 g/mol. The van der Waals surface area contributed by atoms with Crippen molar-refractivity contribution < 1.29 is 4.79 Å². The maximum Gasteiger partial charge on any atom is 0.223 e. The third-order valence-corrected chi connectivity index (χ3v) is 5.37. The van der Waals surface area contributed by atoms with Crippen LogP contribution in [0.5, 0.6) is 0 Å². The summed E-state index contributed by atoms with van der Waals surface area (Å²) < 4.78 is 0. The van der Waals surface area contributed by atoms with Crippen LogP contribution in [0.1, 0.15) is 38.3 Å². The second-order valence-electron chi connectivity index (χ2n) is 5.28. The minimum Gasteiger partial charge on any atom is -0.359 e. The summed E-state index contributed by atoms with van der Waals surface area (Å²) in [6, 6.07) is 0.571. The molecule has 5 nitrogen and oxygen atoms in total. The Bertz CT molecular complexity index is 643. The summed E-state index contributed by atoms with van der Waals surface area (Å²) in [5.41, 5.74) is 1.84. The first kappa shape index (κ1) is 14.5. The molecule has 1 saturated carbocycles. The summed E-state index contributed by atoms with van der Waals surface area (Å²) in [4.78, 5) is 21.2. The van der Waals surface area contributed by atoms with Crippen LogP contribution >= 0.6 is 22.7 Å². The third-order valence-electron chi connectivity index (χ3n) is 3.50. The van der Waals surface area contributed by atoms with Crippen LogP contribution < -0.4 is 10.6 Å². The van der Waals surface area contributed by atoms with Crippen LogP contribution in [0.4, 0.5) is 10.3 Å². The Balaban J connectivity index is 1.75. The molecule has 0 aromatic carbocycles. The van der Waals surface area contributed by atoms with Gasteiger partial charge >= 0.3 is 0 Å². The van der Waals surface area contributed by atoms with E-state index in [4.69, 9.17) is 0 Å². The molecule has 0 unspecified atom stereocenters. The van der Waals surface area contributed by atoms with Crippen molar-refractivity contribution in [2.75, 3.05) is 10.6 Å². The number of aryl methyl sites for hydroxylation is 1. The lowest BCUT2D eigenvalue weighted by molar-refractivity contribution is -0.114. The van der Waals surface area contributed by atoms with Gasteiger partial charge in [-0.15, -0.1) is 11.3 Å². The van der Waals surface area contributed by atoms with Crippen LogP contribution in [0, 0.1) is 6.92 Å². The van der Waals surface area contributed by atoms with E-state index in [2.05, 4.69) is 26.0 Å². The van der Waals surface area contributed by atoms with Gasteiger partial charge in [-0.1, -0.05) is 24.2 Å². The van der Waals surface area contributed by atoms with Gasteiger partial charge in [-0.3, -0.25) is 4.79 Å². The molecule has 0 bridgehead atoms. The van der Waals surface area contributed by atoms with Gasteiger partial charge in [0, 0.05) is 18.3 Å². The van der Waals surface area contributed by atoms with Gasteiger partial charge in [-0.2, -0.15) is 0 Å². The first-order chi connectivity index (χ1) is 10.1. The first-order valence-electron chi connectivity index (χ1n) is 7.09. The van der Waals surface area contributed by atoms with Crippen molar-refractivity contribution in [1.82, 2.24) is 9.97 Å². The van der Waals surface area contributed by atoms with Gasteiger partial charge in [-0.05, 0) is 19.8 Å². The van der Waals surface area contributed by atoms with Crippen molar-refractivity contribution in [3.8, 4) is 10.6 Å². The summed E-state index contributed by atoms with van der Waals surface area (Å²) in [7, 11) is 0. The predicted molar refractivity (Wildman–Crippen MR) is 88.1 cm³/mol. The fourth-order valence-corrected chi connectivity index (χ4v) is 4.35. The van der Waals surface area contributed by atoms with Crippen LogP contribution in [-0.2, 0) is 4.79 Å². The molecule has 7 heteroatoms. The Hall–Kier alpha value is -1.47.